The van der Waals surface area contributed by atoms with Crippen LogP contribution in [0.2, 0.25) is 0 Å². The van der Waals surface area contributed by atoms with Gasteiger partial charge in [0.1, 0.15) is 5.88 Å². The van der Waals surface area contributed by atoms with Crippen LogP contribution in [0.5, 0.6) is 0 Å². The summed E-state index contributed by atoms with van der Waals surface area (Å²) >= 11 is 5.27. The predicted molar refractivity (Wildman–Crippen MR) is 46.1 cm³/mol. The minimum Gasteiger partial charge on any atom is -0.341 e. The minimum atomic E-state index is -4.20. The second kappa shape index (κ2) is 4.38. The average molecular weight is 230 g/mol. The van der Waals surface area contributed by atoms with Gasteiger partial charge in [-0.25, -0.2) is 0 Å². The topological polar surface area (TPSA) is 20.3 Å². The zero-order valence-corrected chi connectivity index (χ0v) is 8.24. The molecular formula is C8H11ClF3NO. The Morgan fingerprint density at radius 1 is 1.50 bits per heavy atom. The maximum atomic E-state index is 12.3. The molecule has 0 unspecified atom stereocenters. The van der Waals surface area contributed by atoms with Crippen LogP contribution in [0.4, 0.5) is 13.2 Å². The summed E-state index contributed by atoms with van der Waals surface area (Å²) in [5, 5.41) is 0. The van der Waals surface area contributed by atoms with Crippen LogP contribution in [0.15, 0.2) is 0 Å². The van der Waals surface area contributed by atoms with E-state index >= 15 is 0 Å². The normalized spacial score (nSPS) is 23.7. The SMILES string of the molecule is O=C(CCl)N1CCC[C@H](C(F)(F)F)C1. The first-order valence-electron chi connectivity index (χ1n) is 4.35. The second-order valence-corrected chi connectivity index (χ2v) is 3.62. The van der Waals surface area contributed by atoms with Gasteiger partial charge >= 0.3 is 6.18 Å². The van der Waals surface area contributed by atoms with Crippen molar-refractivity contribution < 1.29 is 18.0 Å². The molecule has 14 heavy (non-hydrogen) atoms. The molecule has 82 valence electrons. The van der Waals surface area contributed by atoms with Crippen molar-refractivity contribution in [3.8, 4) is 0 Å². The Morgan fingerprint density at radius 3 is 2.64 bits per heavy atom. The van der Waals surface area contributed by atoms with Crippen molar-refractivity contribution in [2.45, 2.75) is 19.0 Å². The fraction of sp³-hybridized carbons (Fsp3) is 0.875. The van der Waals surface area contributed by atoms with E-state index in [9.17, 15) is 18.0 Å². The van der Waals surface area contributed by atoms with Gasteiger partial charge in [0.2, 0.25) is 5.91 Å². The standard InChI is InChI=1S/C8H11ClF3NO/c9-4-7(14)13-3-1-2-6(5-13)8(10,11)12/h6H,1-5H2/t6-/m0/s1. The molecule has 1 saturated heterocycles. The maximum Gasteiger partial charge on any atom is 0.393 e. The molecule has 1 aliphatic rings. The third kappa shape index (κ3) is 2.77. The van der Waals surface area contributed by atoms with Crippen molar-refractivity contribution in [2.75, 3.05) is 19.0 Å². The van der Waals surface area contributed by atoms with E-state index in [-0.39, 0.29) is 18.8 Å². The monoisotopic (exact) mass is 229 g/mol. The fourth-order valence-corrected chi connectivity index (χ4v) is 1.72. The van der Waals surface area contributed by atoms with E-state index in [1.807, 2.05) is 0 Å². The molecule has 2 nitrogen and oxygen atoms in total. The smallest absolute Gasteiger partial charge is 0.341 e. The molecule has 1 atom stereocenters. The Kier molecular flexibility index (Phi) is 3.64. The van der Waals surface area contributed by atoms with Gasteiger partial charge in [-0.05, 0) is 12.8 Å². The third-order valence-electron chi connectivity index (χ3n) is 2.35. The molecule has 6 heteroatoms. The van der Waals surface area contributed by atoms with Crippen molar-refractivity contribution >= 4 is 17.5 Å². The first kappa shape index (κ1) is 11.6. The van der Waals surface area contributed by atoms with Crippen molar-refractivity contribution in [3.05, 3.63) is 0 Å². The Morgan fingerprint density at radius 2 is 2.14 bits per heavy atom. The van der Waals surface area contributed by atoms with Crippen LogP contribution in [0.3, 0.4) is 0 Å². The molecule has 1 fully saturated rings. The highest BCUT2D eigenvalue weighted by Crippen LogP contribution is 2.33. The third-order valence-corrected chi connectivity index (χ3v) is 2.58. The summed E-state index contributed by atoms with van der Waals surface area (Å²) in [5.41, 5.74) is 0. The van der Waals surface area contributed by atoms with Crippen LogP contribution >= 0.6 is 11.6 Å². The summed E-state index contributed by atoms with van der Waals surface area (Å²) in [5.74, 6) is -2.05. The van der Waals surface area contributed by atoms with E-state index in [2.05, 4.69) is 0 Å². The summed E-state index contributed by atoms with van der Waals surface area (Å²) in [4.78, 5) is 12.3. The van der Waals surface area contributed by atoms with Crippen LogP contribution in [-0.2, 0) is 4.79 Å². The average Bonchev–Trinajstić information content (AvgIpc) is 2.15. The van der Waals surface area contributed by atoms with E-state index in [0.29, 0.717) is 13.0 Å². The minimum absolute atomic E-state index is 0.107. The van der Waals surface area contributed by atoms with Gasteiger partial charge in [0, 0.05) is 13.1 Å². The van der Waals surface area contributed by atoms with Crippen molar-refractivity contribution in [3.63, 3.8) is 0 Å². The largest absolute Gasteiger partial charge is 0.393 e. The number of rotatable bonds is 1. The number of amides is 1. The number of piperidine rings is 1. The molecule has 1 aliphatic heterocycles. The van der Waals surface area contributed by atoms with Gasteiger partial charge in [0.15, 0.2) is 0 Å². The molecule has 0 aliphatic carbocycles. The maximum absolute atomic E-state index is 12.3. The Balaban J connectivity index is 2.56. The number of alkyl halides is 4. The number of halogens is 4. The summed E-state index contributed by atoms with van der Waals surface area (Å²) in [7, 11) is 0. The number of carbonyl (C=O) groups excluding carboxylic acids is 1. The summed E-state index contributed by atoms with van der Waals surface area (Å²) in [6.45, 7) is 0.146. The lowest BCUT2D eigenvalue weighted by Gasteiger charge is -2.33. The van der Waals surface area contributed by atoms with Gasteiger partial charge in [-0.3, -0.25) is 4.79 Å². The van der Waals surface area contributed by atoms with Gasteiger partial charge < -0.3 is 4.90 Å². The number of likely N-dealkylation sites (tertiary alicyclic amines) is 1. The molecule has 0 aromatic carbocycles. The molecule has 0 spiro atoms. The molecule has 0 radical (unpaired) electrons. The Bertz CT molecular complexity index is 219. The predicted octanol–water partition coefficient (Wildman–Crippen LogP) is 2.03. The lowest BCUT2D eigenvalue weighted by atomic mass is 9.97. The molecule has 0 saturated carbocycles. The number of hydrogen-bond acceptors (Lipinski definition) is 1. The lowest BCUT2D eigenvalue weighted by molar-refractivity contribution is -0.187. The first-order chi connectivity index (χ1) is 6.45. The van der Waals surface area contributed by atoms with Crippen molar-refractivity contribution in [2.24, 2.45) is 5.92 Å². The molecule has 0 bridgehead atoms. The van der Waals surface area contributed by atoms with Gasteiger partial charge in [0.25, 0.3) is 0 Å². The van der Waals surface area contributed by atoms with Crippen LogP contribution in [0.1, 0.15) is 12.8 Å². The number of carbonyl (C=O) groups is 1. The van der Waals surface area contributed by atoms with Crippen LogP contribution in [0.25, 0.3) is 0 Å². The van der Waals surface area contributed by atoms with E-state index < -0.39 is 18.0 Å². The number of nitrogens with zero attached hydrogens (tertiary/aromatic N) is 1. The van der Waals surface area contributed by atoms with E-state index in [4.69, 9.17) is 11.6 Å². The van der Waals surface area contributed by atoms with Crippen molar-refractivity contribution in [1.29, 1.82) is 0 Å². The molecule has 0 aromatic heterocycles. The highest BCUT2D eigenvalue weighted by Gasteiger charge is 2.42. The summed E-state index contributed by atoms with van der Waals surface area (Å²) in [6, 6.07) is 0. The Hall–Kier alpha value is -0.450. The molecule has 1 rings (SSSR count). The van der Waals surface area contributed by atoms with Crippen LogP contribution in [-0.4, -0.2) is 36.0 Å². The van der Waals surface area contributed by atoms with Gasteiger partial charge in [-0.1, -0.05) is 0 Å². The second-order valence-electron chi connectivity index (χ2n) is 3.35. The fourth-order valence-electron chi connectivity index (χ4n) is 1.56. The van der Waals surface area contributed by atoms with Crippen LogP contribution < -0.4 is 0 Å². The van der Waals surface area contributed by atoms with E-state index in [1.165, 1.54) is 4.90 Å². The highest BCUT2D eigenvalue weighted by atomic mass is 35.5. The zero-order valence-electron chi connectivity index (χ0n) is 7.48. The quantitative estimate of drug-likeness (QED) is 0.630. The highest BCUT2D eigenvalue weighted by molar-refractivity contribution is 6.27. The summed E-state index contributed by atoms with van der Waals surface area (Å²) in [6.07, 6.45) is -3.70. The van der Waals surface area contributed by atoms with Gasteiger partial charge in [0.05, 0.1) is 5.92 Å². The van der Waals surface area contributed by atoms with Gasteiger partial charge in [-0.2, -0.15) is 13.2 Å². The first-order valence-corrected chi connectivity index (χ1v) is 4.89. The molecule has 1 amide bonds. The molecular weight excluding hydrogens is 219 g/mol. The van der Waals surface area contributed by atoms with Crippen molar-refractivity contribution in [1.82, 2.24) is 4.90 Å². The van der Waals surface area contributed by atoms with E-state index in [0.717, 1.165) is 0 Å². The summed E-state index contributed by atoms with van der Waals surface area (Å²) < 4.78 is 36.9. The molecule has 0 aromatic rings. The lowest BCUT2D eigenvalue weighted by Crippen LogP contribution is -2.45. The van der Waals surface area contributed by atoms with Crippen LogP contribution in [0, 0.1) is 5.92 Å². The molecule has 0 N–H and O–H groups in total. The number of hydrogen-bond donors (Lipinski definition) is 0. The Labute approximate surface area is 85.0 Å². The van der Waals surface area contributed by atoms with Gasteiger partial charge in [-0.15, -0.1) is 11.6 Å². The zero-order chi connectivity index (χ0) is 10.8. The molecule has 1 heterocycles. The van der Waals surface area contributed by atoms with E-state index in [1.54, 1.807) is 0 Å².